The second-order valence-corrected chi connectivity index (χ2v) is 2.35. The van der Waals surface area contributed by atoms with Crippen molar-refractivity contribution < 1.29 is 17.9 Å². The van der Waals surface area contributed by atoms with Crippen LogP contribution in [-0.4, -0.2) is 17.1 Å². The van der Waals surface area contributed by atoms with Crippen molar-refractivity contribution >= 4 is 0 Å². The predicted octanol–water partition coefficient (Wildman–Crippen LogP) is 3.86. The maximum atomic E-state index is 12.1. The Kier molecular flexibility index (Phi) is 9.32. The number of hydrogen-bond acceptors (Lipinski definition) is 3. The van der Waals surface area contributed by atoms with Gasteiger partial charge in [0.1, 0.15) is 0 Å². The molecule has 0 N–H and O–H groups in total. The van der Waals surface area contributed by atoms with E-state index in [9.17, 15) is 13.2 Å². The molecule has 0 fully saturated rings. The quantitative estimate of drug-likeness (QED) is 0.761. The summed E-state index contributed by atoms with van der Waals surface area (Å²) in [6.45, 7) is 9.40. The van der Waals surface area contributed by atoms with Crippen LogP contribution in [0.5, 0.6) is 5.88 Å². The summed E-state index contributed by atoms with van der Waals surface area (Å²) in [5.41, 5.74) is -0.886. The highest BCUT2D eigenvalue weighted by Gasteiger charge is 2.33. The normalized spacial score (nSPS) is 9.47. The Balaban J connectivity index is 0. The van der Waals surface area contributed by atoms with Gasteiger partial charge in [-0.15, -0.1) is 0 Å². The van der Waals surface area contributed by atoms with Gasteiger partial charge in [0.25, 0.3) is 0 Å². The SMILES string of the molecule is CC.CC.COc1ncc(C(F)(F)F)nc1C. The number of rotatable bonds is 1. The number of aromatic nitrogens is 2. The maximum Gasteiger partial charge on any atom is 0.434 e. The Hall–Kier alpha value is -1.33. The first-order chi connectivity index (χ1) is 7.95. The van der Waals surface area contributed by atoms with Crippen LogP contribution in [0.1, 0.15) is 39.1 Å². The van der Waals surface area contributed by atoms with Crippen molar-refractivity contribution in [2.75, 3.05) is 7.11 Å². The molecule has 0 aliphatic rings. The first-order valence-corrected chi connectivity index (χ1v) is 5.40. The van der Waals surface area contributed by atoms with Crippen LogP contribution in [0.15, 0.2) is 6.20 Å². The summed E-state index contributed by atoms with van der Waals surface area (Å²) in [6.07, 6.45) is -3.81. The van der Waals surface area contributed by atoms with Gasteiger partial charge in [0, 0.05) is 0 Å². The average Bonchev–Trinajstić information content (AvgIpc) is 2.33. The highest BCUT2D eigenvalue weighted by atomic mass is 19.4. The highest BCUT2D eigenvalue weighted by Crippen LogP contribution is 2.28. The smallest absolute Gasteiger partial charge is 0.434 e. The summed E-state index contributed by atoms with van der Waals surface area (Å²) in [6, 6.07) is 0. The van der Waals surface area contributed by atoms with Crippen LogP contribution in [0, 0.1) is 6.92 Å². The number of alkyl halides is 3. The Labute approximate surface area is 100 Å². The topological polar surface area (TPSA) is 35.0 Å². The van der Waals surface area contributed by atoms with E-state index in [1.807, 2.05) is 27.7 Å². The van der Waals surface area contributed by atoms with E-state index in [1.165, 1.54) is 14.0 Å². The fourth-order valence-electron chi connectivity index (χ4n) is 0.808. The first kappa shape index (κ1) is 18.0. The van der Waals surface area contributed by atoms with Crippen molar-refractivity contribution in [2.24, 2.45) is 0 Å². The molecule has 17 heavy (non-hydrogen) atoms. The molecule has 0 spiro atoms. The molecule has 6 heteroatoms. The van der Waals surface area contributed by atoms with Crippen LogP contribution in [-0.2, 0) is 6.18 Å². The Morgan fingerprint density at radius 2 is 1.59 bits per heavy atom. The van der Waals surface area contributed by atoms with Gasteiger partial charge in [-0.3, -0.25) is 0 Å². The molecule has 0 aliphatic heterocycles. The molecular formula is C11H19F3N2O. The lowest BCUT2D eigenvalue weighted by Crippen LogP contribution is -2.10. The first-order valence-electron chi connectivity index (χ1n) is 5.40. The minimum atomic E-state index is -4.45. The lowest BCUT2D eigenvalue weighted by molar-refractivity contribution is -0.141. The van der Waals surface area contributed by atoms with E-state index in [0.717, 1.165) is 0 Å². The van der Waals surface area contributed by atoms with Gasteiger partial charge < -0.3 is 4.74 Å². The third-order valence-corrected chi connectivity index (χ3v) is 1.39. The molecule has 0 saturated carbocycles. The van der Waals surface area contributed by atoms with Gasteiger partial charge in [0.05, 0.1) is 19.0 Å². The predicted molar refractivity (Wildman–Crippen MR) is 61.0 cm³/mol. The largest absolute Gasteiger partial charge is 0.480 e. The molecule has 0 bridgehead atoms. The van der Waals surface area contributed by atoms with Crippen molar-refractivity contribution in [1.82, 2.24) is 9.97 Å². The van der Waals surface area contributed by atoms with Gasteiger partial charge in [-0.2, -0.15) is 13.2 Å². The minimum Gasteiger partial charge on any atom is -0.480 e. The van der Waals surface area contributed by atoms with Gasteiger partial charge >= 0.3 is 6.18 Å². The summed E-state index contributed by atoms with van der Waals surface area (Å²) in [5.74, 6) is 0.105. The molecule has 100 valence electrons. The van der Waals surface area contributed by atoms with Crippen LogP contribution in [0.3, 0.4) is 0 Å². The third kappa shape index (κ3) is 6.09. The van der Waals surface area contributed by atoms with E-state index in [-0.39, 0.29) is 11.6 Å². The number of halogens is 3. The molecule has 1 aromatic rings. The zero-order valence-corrected chi connectivity index (χ0v) is 11.0. The summed E-state index contributed by atoms with van der Waals surface area (Å²) < 4.78 is 40.9. The van der Waals surface area contributed by atoms with E-state index < -0.39 is 11.9 Å². The molecule has 0 saturated heterocycles. The van der Waals surface area contributed by atoms with Crippen molar-refractivity contribution in [3.63, 3.8) is 0 Å². The zero-order valence-electron chi connectivity index (χ0n) is 11.0. The number of nitrogens with zero attached hydrogens (tertiary/aromatic N) is 2. The molecule has 1 heterocycles. The molecule has 0 unspecified atom stereocenters. The van der Waals surface area contributed by atoms with Crippen molar-refractivity contribution in [2.45, 2.75) is 40.8 Å². The molecule has 0 aliphatic carbocycles. The lowest BCUT2D eigenvalue weighted by Gasteiger charge is -2.07. The zero-order chi connectivity index (χ0) is 14.1. The second-order valence-electron chi connectivity index (χ2n) is 2.35. The molecule has 1 rings (SSSR count). The van der Waals surface area contributed by atoms with Gasteiger partial charge in [-0.05, 0) is 6.92 Å². The van der Waals surface area contributed by atoms with Crippen LogP contribution in [0.4, 0.5) is 13.2 Å². The Bertz CT molecular complexity index is 314. The Morgan fingerprint density at radius 3 is 1.88 bits per heavy atom. The molecule has 3 nitrogen and oxygen atoms in total. The van der Waals surface area contributed by atoms with Gasteiger partial charge in [0.15, 0.2) is 5.69 Å². The standard InChI is InChI=1S/C7H7F3N2O.2C2H6/c1-4-6(13-2)11-3-5(12-4)7(8,9)10;2*1-2/h3H,1-2H3;2*1-2H3. The maximum absolute atomic E-state index is 12.1. The van der Waals surface area contributed by atoms with E-state index in [0.29, 0.717) is 6.20 Å². The number of ether oxygens (including phenoxy) is 1. The highest BCUT2D eigenvalue weighted by molar-refractivity contribution is 5.19. The summed E-state index contributed by atoms with van der Waals surface area (Å²) in [4.78, 5) is 6.76. The summed E-state index contributed by atoms with van der Waals surface area (Å²) in [5, 5.41) is 0. The van der Waals surface area contributed by atoms with Gasteiger partial charge in [-0.1, -0.05) is 27.7 Å². The van der Waals surface area contributed by atoms with Crippen molar-refractivity contribution in [1.29, 1.82) is 0 Å². The van der Waals surface area contributed by atoms with Crippen molar-refractivity contribution in [3.8, 4) is 5.88 Å². The molecule has 0 atom stereocenters. The summed E-state index contributed by atoms with van der Waals surface area (Å²) >= 11 is 0. The number of aryl methyl sites for hydroxylation is 1. The van der Waals surface area contributed by atoms with Crippen LogP contribution < -0.4 is 4.74 Å². The number of hydrogen-bond donors (Lipinski definition) is 0. The van der Waals surface area contributed by atoms with Gasteiger partial charge in [0.2, 0.25) is 5.88 Å². The van der Waals surface area contributed by atoms with Crippen molar-refractivity contribution in [3.05, 3.63) is 17.6 Å². The van der Waals surface area contributed by atoms with E-state index in [1.54, 1.807) is 0 Å². The fourth-order valence-corrected chi connectivity index (χ4v) is 0.808. The van der Waals surface area contributed by atoms with Crippen LogP contribution >= 0.6 is 0 Å². The molecule has 0 amide bonds. The summed E-state index contributed by atoms with van der Waals surface area (Å²) in [7, 11) is 1.32. The van der Waals surface area contributed by atoms with E-state index >= 15 is 0 Å². The fraction of sp³-hybridized carbons (Fsp3) is 0.636. The monoisotopic (exact) mass is 252 g/mol. The lowest BCUT2D eigenvalue weighted by atomic mass is 10.4. The van der Waals surface area contributed by atoms with E-state index in [4.69, 9.17) is 0 Å². The number of methoxy groups -OCH3 is 1. The minimum absolute atomic E-state index is 0.105. The molecular weight excluding hydrogens is 233 g/mol. The Morgan fingerprint density at radius 1 is 1.12 bits per heavy atom. The van der Waals surface area contributed by atoms with Gasteiger partial charge in [-0.25, -0.2) is 9.97 Å². The molecule has 0 aromatic carbocycles. The van der Waals surface area contributed by atoms with Crippen LogP contribution in [0.2, 0.25) is 0 Å². The van der Waals surface area contributed by atoms with Crippen LogP contribution in [0.25, 0.3) is 0 Å². The average molecular weight is 252 g/mol. The molecule has 1 aromatic heterocycles. The third-order valence-electron chi connectivity index (χ3n) is 1.39. The molecule has 0 radical (unpaired) electrons. The van der Waals surface area contributed by atoms with E-state index in [2.05, 4.69) is 14.7 Å². The second kappa shape index (κ2) is 8.78.